The third kappa shape index (κ3) is 4.46. The van der Waals surface area contributed by atoms with Crippen LogP contribution < -0.4 is 9.64 Å². The molecular weight excluding hydrogens is 407 g/mol. The maximum Gasteiger partial charge on any atom is 0.219 e. The predicted octanol–water partition coefficient (Wildman–Crippen LogP) is 4.62. The van der Waals surface area contributed by atoms with Gasteiger partial charge >= 0.3 is 0 Å². The normalized spacial score (nSPS) is 14.7. The molecule has 0 unspecified atom stereocenters. The van der Waals surface area contributed by atoms with Crippen LogP contribution in [0.3, 0.4) is 0 Å². The molecule has 3 aromatic rings. The van der Waals surface area contributed by atoms with Crippen LogP contribution in [-0.4, -0.2) is 47.1 Å². The summed E-state index contributed by atoms with van der Waals surface area (Å²) in [4.78, 5) is 8.50. The number of rotatable bonds is 4. The van der Waals surface area contributed by atoms with Crippen molar-refractivity contribution in [2.24, 2.45) is 5.16 Å². The second-order valence-electron chi connectivity index (χ2n) is 6.79. The number of pyridine rings is 1. The highest BCUT2D eigenvalue weighted by molar-refractivity contribution is 6.30. The van der Waals surface area contributed by atoms with Crippen molar-refractivity contribution in [3.8, 4) is 11.6 Å². The molecule has 0 atom stereocenters. The Morgan fingerprint density at radius 3 is 2.50 bits per heavy atom. The molecule has 0 bridgehead atoms. The van der Waals surface area contributed by atoms with Gasteiger partial charge in [0.25, 0.3) is 0 Å². The molecule has 4 rings (SSSR count). The van der Waals surface area contributed by atoms with E-state index in [-0.39, 0.29) is 5.02 Å². The first kappa shape index (κ1) is 20.0. The molecular formula is C22H20ClFN4O2. The van der Waals surface area contributed by atoms with E-state index in [0.717, 1.165) is 13.1 Å². The van der Waals surface area contributed by atoms with Gasteiger partial charge in [-0.25, -0.2) is 9.37 Å². The number of piperazine rings is 1. The summed E-state index contributed by atoms with van der Waals surface area (Å²) in [6, 6.07) is 17.7. The van der Waals surface area contributed by atoms with E-state index >= 15 is 0 Å². The first-order valence-electron chi connectivity index (χ1n) is 9.50. The van der Waals surface area contributed by atoms with Crippen molar-refractivity contribution in [3.63, 3.8) is 0 Å². The lowest BCUT2D eigenvalue weighted by Crippen LogP contribution is -2.49. The first-order chi connectivity index (χ1) is 14.6. The maximum absolute atomic E-state index is 13.3. The second kappa shape index (κ2) is 9.00. The Hall–Kier alpha value is -3.32. The number of benzene rings is 2. The van der Waals surface area contributed by atoms with Gasteiger partial charge in [-0.1, -0.05) is 35.0 Å². The zero-order valence-electron chi connectivity index (χ0n) is 16.1. The van der Waals surface area contributed by atoms with E-state index in [2.05, 4.69) is 27.2 Å². The summed E-state index contributed by atoms with van der Waals surface area (Å²) >= 11 is 5.80. The first-order valence-corrected chi connectivity index (χ1v) is 9.88. The van der Waals surface area contributed by atoms with Crippen LogP contribution in [0.4, 0.5) is 10.1 Å². The van der Waals surface area contributed by atoms with Gasteiger partial charge in [0.05, 0.1) is 5.02 Å². The smallest absolute Gasteiger partial charge is 0.219 e. The molecule has 2 heterocycles. The predicted molar refractivity (Wildman–Crippen MR) is 114 cm³/mol. The molecule has 0 spiro atoms. The quantitative estimate of drug-likeness (QED) is 0.285. The molecule has 30 heavy (non-hydrogen) atoms. The third-order valence-corrected chi connectivity index (χ3v) is 5.19. The molecule has 1 fully saturated rings. The van der Waals surface area contributed by atoms with E-state index in [1.165, 1.54) is 23.9 Å². The highest BCUT2D eigenvalue weighted by atomic mass is 35.5. The van der Waals surface area contributed by atoms with Crippen LogP contribution in [0.25, 0.3) is 0 Å². The second-order valence-corrected chi connectivity index (χ2v) is 7.20. The molecule has 8 heteroatoms. The molecule has 0 radical (unpaired) electrons. The average molecular weight is 427 g/mol. The summed E-state index contributed by atoms with van der Waals surface area (Å²) in [5.74, 6) is 0.589. The molecule has 1 N–H and O–H groups in total. The standard InChI is InChI=1S/C22H20ClFN4O2/c23-19-15-18(6-7-20(19)24)30-21-14-16(8-9-25-21)22(26-29)28-12-10-27(11-13-28)17-4-2-1-3-5-17/h1-9,14-15,29H,10-13H2/b26-22-. The molecule has 0 amide bonds. The monoisotopic (exact) mass is 426 g/mol. The van der Waals surface area contributed by atoms with E-state index in [1.54, 1.807) is 18.3 Å². The summed E-state index contributed by atoms with van der Waals surface area (Å²) in [5.41, 5.74) is 1.85. The molecule has 1 aliphatic heterocycles. The number of nitrogens with zero attached hydrogens (tertiary/aromatic N) is 4. The number of ether oxygens (including phenoxy) is 1. The van der Waals surface area contributed by atoms with E-state index in [1.807, 2.05) is 23.1 Å². The van der Waals surface area contributed by atoms with Gasteiger partial charge in [0.15, 0.2) is 5.84 Å². The summed E-state index contributed by atoms with van der Waals surface area (Å²) in [6.07, 6.45) is 1.57. The van der Waals surface area contributed by atoms with Gasteiger partial charge in [0.1, 0.15) is 11.6 Å². The van der Waals surface area contributed by atoms with Crippen LogP contribution in [0.2, 0.25) is 5.02 Å². The fourth-order valence-electron chi connectivity index (χ4n) is 3.38. The minimum atomic E-state index is -0.518. The van der Waals surface area contributed by atoms with Gasteiger partial charge in [-0.3, -0.25) is 0 Å². The lowest BCUT2D eigenvalue weighted by molar-refractivity contribution is 0.296. The van der Waals surface area contributed by atoms with Crippen molar-refractivity contribution in [2.45, 2.75) is 0 Å². The van der Waals surface area contributed by atoms with Crippen molar-refractivity contribution in [2.75, 3.05) is 31.1 Å². The van der Waals surface area contributed by atoms with Crippen LogP contribution in [0.1, 0.15) is 5.56 Å². The Labute approximate surface area is 178 Å². The Morgan fingerprint density at radius 1 is 1.03 bits per heavy atom. The number of hydrogen-bond acceptors (Lipinski definition) is 5. The number of hydrogen-bond donors (Lipinski definition) is 1. The largest absolute Gasteiger partial charge is 0.439 e. The zero-order chi connectivity index (χ0) is 20.9. The molecule has 1 aromatic heterocycles. The summed E-state index contributed by atoms with van der Waals surface area (Å²) in [6.45, 7) is 3.04. The number of aromatic nitrogens is 1. The average Bonchev–Trinajstić information content (AvgIpc) is 2.78. The minimum absolute atomic E-state index is 0.0300. The van der Waals surface area contributed by atoms with Gasteiger partial charge in [0.2, 0.25) is 5.88 Å². The highest BCUT2D eigenvalue weighted by Crippen LogP contribution is 2.26. The number of oxime groups is 1. The van der Waals surface area contributed by atoms with Crippen molar-refractivity contribution in [3.05, 3.63) is 83.3 Å². The van der Waals surface area contributed by atoms with Crippen LogP contribution in [0, 0.1) is 5.82 Å². The maximum atomic E-state index is 13.3. The number of amidine groups is 1. The molecule has 2 aromatic carbocycles. The van der Waals surface area contributed by atoms with E-state index < -0.39 is 5.82 Å². The Balaban J connectivity index is 1.46. The van der Waals surface area contributed by atoms with Crippen molar-refractivity contribution in [1.29, 1.82) is 0 Å². The topological polar surface area (TPSA) is 61.2 Å². The number of halogens is 2. The van der Waals surface area contributed by atoms with Crippen LogP contribution in [0.5, 0.6) is 11.6 Å². The van der Waals surface area contributed by atoms with Crippen LogP contribution in [-0.2, 0) is 0 Å². The SMILES string of the molecule is O/N=C(/c1ccnc(Oc2ccc(F)c(Cl)c2)c1)N1CCN(c2ccccc2)CC1. The van der Waals surface area contributed by atoms with Gasteiger partial charge in [-0.15, -0.1) is 0 Å². The van der Waals surface area contributed by atoms with Gasteiger partial charge in [0, 0.05) is 55.8 Å². The molecule has 154 valence electrons. The van der Waals surface area contributed by atoms with Gasteiger partial charge in [-0.2, -0.15) is 0 Å². The van der Waals surface area contributed by atoms with Crippen LogP contribution >= 0.6 is 11.6 Å². The Kier molecular flexibility index (Phi) is 5.99. The molecule has 1 saturated heterocycles. The fourth-order valence-corrected chi connectivity index (χ4v) is 3.55. The van der Waals surface area contributed by atoms with Gasteiger partial charge < -0.3 is 19.7 Å². The van der Waals surface area contributed by atoms with E-state index in [4.69, 9.17) is 16.3 Å². The Morgan fingerprint density at radius 2 is 1.80 bits per heavy atom. The molecule has 0 aliphatic carbocycles. The van der Waals surface area contributed by atoms with Crippen LogP contribution in [0.15, 0.2) is 72.0 Å². The van der Waals surface area contributed by atoms with Crippen molar-refractivity contribution in [1.82, 2.24) is 9.88 Å². The molecule has 1 aliphatic rings. The summed E-state index contributed by atoms with van der Waals surface area (Å²) in [5, 5.41) is 13.2. The van der Waals surface area contributed by atoms with Crippen molar-refractivity contribution >= 4 is 23.1 Å². The minimum Gasteiger partial charge on any atom is -0.439 e. The van der Waals surface area contributed by atoms with E-state index in [0.29, 0.717) is 36.1 Å². The summed E-state index contributed by atoms with van der Waals surface area (Å²) < 4.78 is 19.0. The molecule has 0 saturated carbocycles. The Bertz CT molecular complexity index is 1040. The highest BCUT2D eigenvalue weighted by Gasteiger charge is 2.22. The lowest BCUT2D eigenvalue weighted by Gasteiger charge is -2.37. The fraction of sp³-hybridized carbons (Fsp3) is 0.182. The van der Waals surface area contributed by atoms with Crippen molar-refractivity contribution < 1.29 is 14.3 Å². The lowest BCUT2D eigenvalue weighted by atomic mass is 10.2. The van der Waals surface area contributed by atoms with E-state index in [9.17, 15) is 9.60 Å². The zero-order valence-corrected chi connectivity index (χ0v) is 16.8. The number of anilines is 1. The summed E-state index contributed by atoms with van der Waals surface area (Å²) in [7, 11) is 0. The van der Waals surface area contributed by atoms with Gasteiger partial charge in [-0.05, 0) is 30.3 Å². The molecule has 6 nitrogen and oxygen atoms in total. The number of para-hydroxylation sites is 1. The third-order valence-electron chi connectivity index (χ3n) is 4.90.